The highest BCUT2D eigenvalue weighted by Crippen LogP contribution is 2.31. The molecule has 0 radical (unpaired) electrons. The van der Waals surface area contributed by atoms with E-state index in [0.29, 0.717) is 16.8 Å². The molecule has 0 bridgehead atoms. The fourth-order valence-corrected chi connectivity index (χ4v) is 4.26. The van der Waals surface area contributed by atoms with E-state index in [4.69, 9.17) is 30.5 Å². The van der Waals surface area contributed by atoms with Crippen LogP contribution in [0.4, 0.5) is 4.79 Å². The summed E-state index contributed by atoms with van der Waals surface area (Å²) in [5, 5.41) is 2.71. The summed E-state index contributed by atoms with van der Waals surface area (Å²) in [6.07, 6.45) is -1.24. The molecule has 1 saturated heterocycles. The molecule has 1 aromatic heterocycles. The lowest BCUT2D eigenvalue weighted by molar-refractivity contribution is -0.152. The summed E-state index contributed by atoms with van der Waals surface area (Å²) in [7, 11) is 2.79. The Morgan fingerprint density at radius 2 is 1.76 bits per heavy atom. The van der Waals surface area contributed by atoms with Crippen molar-refractivity contribution < 1.29 is 33.3 Å². The fourth-order valence-electron chi connectivity index (χ4n) is 4.08. The molecule has 1 N–H and O–H groups in total. The smallest absolute Gasteiger partial charge is 0.408 e. The quantitative estimate of drug-likeness (QED) is 0.534. The molecular formula is C26H35ClN4O7. The van der Waals surface area contributed by atoms with Crippen molar-refractivity contribution in [1.29, 1.82) is 0 Å². The van der Waals surface area contributed by atoms with Crippen LogP contribution in [0.2, 0.25) is 5.15 Å². The molecule has 12 heteroatoms. The Morgan fingerprint density at radius 3 is 2.34 bits per heavy atom. The van der Waals surface area contributed by atoms with Gasteiger partial charge >= 0.3 is 12.1 Å². The number of esters is 1. The summed E-state index contributed by atoms with van der Waals surface area (Å²) >= 11 is 6.34. The van der Waals surface area contributed by atoms with Crippen molar-refractivity contribution in [2.45, 2.75) is 71.8 Å². The molecule has 3 atom stereocenters. The molecular weight excluding hydrogens is 516 g/mol. The molecule has 1 aliphatic heterocycles. The van der Waals surface area contributed by atoms with Gasteiger partial charge in [-0.05, 0) is 38.3 Å². The maximum atomic E-state index is 13.8. The predicted octanol–water partition coefficient (Wildman–Crippen LogP) is 3.75. The number of aromatic nitrogens is 2. The van der Waals surface area contributed by atoms with Crippen molar-refractivity contribution >= 4 is 40.6 Å². The molecule has 2 aromatic rings. The minimum absolute atomic E-state index is 0.0370. The van der Waals surface area contributed by atoms with Gasteiger partial charge in [0.1, 0.15) is 29.5 Å². The van der Waals surface area contributed by atoms with Crippen LogP contribution in [0, 0.1) is 5.41 Å². The van der Waals surface area contributed by atoms with Gasteiger partial charge in [-0.3, -0.25) is 4.79 Å². The summed E-state index contributed by atoms with van der Waals surface area (Å²) < 4.78 is 21.6. The molecule has 3 rings (SSSR count). The Hall–Kier alpha value is -3.34. The molecule has 0 spiro atoms. The predicted molar refractivity (Wildman–Crippen MR) is 140 cm³/mol. The number of nitrogens with one attached hydrogen (secondary N) is 1. The Bertz CT molecular complexity index is 1210. The minimum Gasteiger partial charge on any atom is -0.497 e. The summed E-state index contributed by atoms with van der Waals surface area (Å²) in [5.41, 5.74) is -0.380. The highest BCUT2D eigenvalue weighted by atomic mass is 35.5. The first-order chi connectivity index (χ1) is 17.6. The molecule has 11 nitrogen and oxygen atoms in total. The van der Waals surface area contributed by atoms with Gasteiger partial charge < -0.3 is 29.2 Å². The van der Waals surface area contributed by atoms with E-state index in [2.05, 4.69) is 15.3 Å². The second-order valence-electron chi connectivity index (χ2n) is 11.1. The number of rotatable bonds is 6. The van der Waals surface area contributed by atoms with Crippen LogP contribution in [0.15, 0.2) is 18.2 Å². The van der Waals surface area contributed by atoms with Crippen molar-refractivity contribution in [3.8, 4) is 11.6 Å². The summed E-state index contributed by atoms with van der Waals surface area (Å²) in [5.74, 6) is -0.413. The molecule has 2 heterocycles. The maximum absolute atomic E-state index is 13.8. The number of benzene rings is 1. The Balaban J connectivity index is 1.86. The molecule has 38 heavy (non-hydrogen) atoms. The number of alkyl carbamates (subject to hydrolysis) is 1. The van der Waals surface area contributed by atoms with E-state index in [0.717, 1.165) is 0 Å². The molecule has 0 aliphatic carbocycles. The van der Waals surface area contributed by atoms with Crippen molar-refractivity contribution in [2.75, 3.05) is 20.8 Å². The van der Waals surface area contributed by atoms with Gasteiger partial charge in [0.2, 0.25) is 5.91 Å². The fraction of sp³-hybridized carbons (Fsp3) is 0.577. The van der Waals surface area contributed by atoms with Crippen LogP contribution in [0.25, 0.3) is 11.0 Å². The Morgan fingerprint density at radius 1 is 1.08 bits per heavy atom. The van der Waals surface area contributed by atoms with E-state index in [9.17, 15) is 14.4 Å². The standard InChI is InChI=1S/C26H35ClN4O7/c1-25(2,3)19(30-24(34)38-26(4,5)6)22(32)31-13-15(12-18(31)23(33)36-8)37-21-20(27)28-16-10-9-14(35-7)11-17(16)29-21/h9-11,15,18-19H,12-13H2,1-8H3,(H,30,34)/t15-,18+,19-/m1/s1. The molecule has 1 aliphatic rings. The monoisotopic (exact) mass is 550 g/mol. The molecule has 1 aromatic carbocycles. The molecule has 1 fully saturated rings. The van der Waals surface area contributed by atoms with E-state index < -0.39 is 47.2 Å². The minimum atomic E-state index is -0.986. The zero-order chi connectivity index (χ0) is 28.4. The maximum Gasteiger partial charge on any atom is 0.408 e. The largest absolute Gasteiger partial charge is 0.497 e. The van der Waals surface area contributed by atoms with E-state index in [1.54, 1.807) is 46.1 Å². The summed E-state index contributed by atoms with van der Waals surface area (Å²) in [6.45, 7) is 10.6. The molecule has 0 saturated carbocycles. The SMILES string of the molecule is COC(=O)[C@@H]1C[C@@H](Oc2nc3cc(OC)ccc3nc2Cl)CN1C(=O)[C@@H](NC(=O)OC(C)(C)C)C(C)(C)C. The van der Waals surface area contributed by atoms with Crippen LogP contribution in [-0.4, -0.2) is 77.4 Å². The molecule has 0 unspecified atom stereocenters. The van der Waals surface area contributed by atoms with Crippen LogP contribution in [0.5, 0.6) is 11.6 Å². The van der Waals surface area contributed by atoms with E-state index >= 15 is 0 Å². The number of likely N-dealkylation sites (tertiary alicyclic amines) is 1. The third-order valence-electron chi connectivity index (χ3n) is 5.87. The van der Waals surface area contributed by atoms with Crippen LogP contribution >= 0.6 is 11.6 Å². The summed E-state index contributed by atoms with van der Waals surface area (Å²) in [4.78, 5) is 49.1. The number of halogens is 1. The number of carbonyl (C=O) groups is 3. The van der Waals surface area contributed by atoms with Gasteiger partial charge in [0, 0.05) is 12.5 Å². The number of amides is 2. The van der Waals surface area contributed by atoms with Crippen molar-refractivity contribution in [2.24, 2.45) is 5.41 Å². The molecule has 2 amide bonds. The van der Waals surface area contributed by atoms with Crippen LogP contribution in [-0.2, 0) is 19.1 Å². The lowest BCUT2D eigenvalue weighted by atomic mass is 9.85. The van der Waals surface area contributed by atoms with E-state index in [1.165, 1.54) is 12.0 Å². The Kier molecular flexibility index (Phi) is 8.60. The number of fused-ring (bicyclic) bond motifs is 1. The van der Waals surface area contributed by atoms with Gasteiger partial charge in [0.25, 0.3) is 5.88 Å². The van der Waals surface area contributed by atoms with Crippen molar-refractivity contribution in [3.63, 3.8) is 0 Å². The number of methoxy groups -OCH3 is 2. The lowest BCUT2D eigenvalue weighted by Crippen LogP contribution is -2.57. The highest BCUT2D eigenvalue weighted by molar-refractivity contribution is 6.31. The highest BCUT2D eigenvalue weighted by Gasteiger charge is 2.46. The number of hydrogen-bond acceptors (Lipinski definition) is 9. The first-order valence-corrected chi connectivity index (χ1v) is 12.6. The van der Waals surface area contributed by atoms with Gasteiger partial charge in [-0.1, -0.05) is 32.4 Å². The van der Waals surface area contributed by atoms with E-state index in [-0.39, 0.29) is 24.0 Å². The third kappa shape index (κ3) is 6.94. The van der Waals surface area contributed by atoms with Crippen LogP contribution < -0.4 is 14.8 Å². The summed E-state index contributed by atoms with van der Waals surface area (Å²) in [6, 6.07) is 3.25. The normalized spacial score (nSPS) is 18.6. The number of hydrogen-bond donors (Lipinski definition) is 1. The molecule has 208 valence electrons. The number of ether oxygens (including phenoxy) is 4. The second kappa shape index (κ2) is 11.2. The average molecular weight is 551 g/mol. The second-order valence-corrected chi connectivity index (χ2v) is 11.5. The van der Waals surface area contributed by atoms with Gasteiger partial charge in [-0.2, -0.15) is 0 Å². The van der Waals surface area contributed by atoms with Gasteiger partial charge in [0.05, 0.1) is 31.8 Å². The zero-order valence-corrected chi connectivity index (χ0v) is 23.7. The van der Waals surface area contributed by atoms with Crippen LogP contribution in [0.3, 0.4) is 0 Å². The first kappa shape index (κ1) is 29.2. The zero-order valence-electron chi connectivity index (χ0n) is 23.0. The average Bonchev–Trinajstić information content (AvgIpc) is 3.24. The van der Waals surface area contributed by atoms with Crippen molar-refractivity contribution in [1.82, 2.24) is 20.2 Å². The lowest BCUT2D eigenvalue weighted by Gasteiger charge is -2.35. The van der Waals surface area contributed by atoms with Gasteiger partial charge in [-0.15, -0.1) is 0 Å². The van der Waals surface area contributed by atoms with Gasteiger partial charge in [0.15, 0.2) is 5.15 Å². The third-order valence-corrected chi connectivity index (χ3v) is 6.12. The van der Waals surface area contributed by atoms with Crippen LogP contribution in [0.1, 0.15) is 48.0 Å². The van der Waals surface area contributed by atoms with Gasteiger partial charge in [-0.25, -0.2) is 19.6 Å². The van der Waals surface area contributed by atoms with Crippen molar-refractivity contribution in [3.05, 3.63) is 23.4 Å². The van der Waals surface area contributed by atoms with E-state index in [1.807, 2.05) is 20.8 Å². The number of nitrogens with zero attached hydrogens (tertiary/aromatic N) is 3. The number of carbonyl (C=O) groups excluding carboxylic acids is 3. The first-order valence-electron chi connectivity index (χ1n) is 12.2. The topological polar surface area (TPSA) is 129 Å². The Labute approximate surface area is 227 Å².